The Labute approximate surface area is 149 Å². The van der Waals surface area contributed by atoms with E-state index in [9.17, 15) is 9.59 Å². The fraction of sp³-hybridized carbons (Fsp3) is 0.579. The molecule has 2 heterocycles. The third-order valence-corrected chi connectivity index (χ3v) is 5.07. The van der Waals surface area contributed by atoms with Crippen molar-refractivity contribution in [1.82, 2.24) is 15.5 Å². The molecule has 3 N–H and O–H groups in total. The summed E-state index contributed by atoms with van der Waals surface area (Å²) in [5.74, 6) is 0.390. The Morgan fingerprint density at radius 2 is 1.72 bits per heavy atom. The maximum absolute atomic E-state index is 12.3. The monoisotopic (exact) mass is 344 g/mol. The predicted octanol–water partition coefficient (Wildman–Crippen LogP) is 1.21. The number of piperidine rings is 2. The van der Waals surface area contributed by atoms with E-state index < -0.39 is 0 Å². The summed E-state index contributed by atoms with van der Waals surface area (Å²) in [6, 6.07) is 9.77. The molecule has 0 bridgehead atoms. The second-order valence-electron chi connectivity index (χ2n) is 7.00. The summed E-state index contributed by atoms with van der Waals surface area (Å²) in [5.41, 5.74) is 0.830. The van der Waals surface area contributed by atoms with Gasteiger partial charge in [0.05, 0.1) is 6.54 Å². The lowest BCUT2D eigenvalue weighted by Crippen LogP contribution is -2.48. The summed E-state index contributed by atoms with van der Waals surface area (Å²) in [4.78, 5) is 26.6. The van der Waals surface area contributed by atoms with Crippen molar-refractivity contribution >= 4 is 17.5 Å². The quantitative estimate of drug-likeness (QED) is 0.751. The predicted molar refractivity (Wildman–Crippen MR) is 98.3 cm³/mol. The number of amides is 2. The van der Waals surface area contributed by atoms with Gasteiger partial charge >= 0.3 is 0 Å². The molecule has 2 fully saturated rings. The van der Waals surface area contributed by atoms with Crippen LogP contribution in [0.2, 0.25) is 0 Å². The maximum atomic E-state index is 12.3. The smallest absolute Gasteiger partial charge is 0.238 e. The van der Waals surface area contributed by atoms with Gasteiger partial charge in [0.25, 0.3) is 0 Å². The van der Waals surface area contributed by atoms with Crippen molar-refractivity contribution in [1.29, 1.82) is 0 Å². The van der Waals surface area contributed by atoms with Gasteiger partial charge < -0.3 is 16.0 Å². The summed E-state index contributed by atoms with van der Waals surface area (Å²) >= 11 is 0. The Morgan fingerprint density at radius 3 is 2.40 bits per heavy atom. The third-order valence-electron chi connectivity index (χ3n) is 5.07. The van der Waals surface area contributed by atoms with Crippen LogP contribution in [0.5, 0.6) is 0 Å². The fourth-order valence-electron chi connectivity index (χ4n) is 3.56. The zero-order chi connectivity index (χ0) is 17.5. The third kappa shape index (κ3) is 5.54. The molecule has 0 saturated carbocycles. The minimum atomic E-state index is 0.0170. The molecule has 0 spiro atoms. The van der Waals surface area contributed by atoms with Gasteiger partial charge in [0.15, 0.2) is 0 Å². The topological polar surface area (TPSA) is 73.5 Å². The van der Waals surface area contributed by atoms with Gasteiger partial charge in [-0.2, -0.15) is 0 Å². The summed E-state index contributed by atoms with van der Waals surface area (Å²) in [6.07, 6.45) is 3.69. The number of hydrogen-bond donors (Lipinski definition) is 3. The first-order valence-corrected chi connectivity index (χ1v) is 9.29. The lowest BCUT2D eigenvalue weighted by molar-refractivity contribution is -0.127. The van der Waals surface area contributed by atoms with Crippen LogP contribution in [0.1, 0.15) is 25.7 Å². The first-order valence-electron chi connectivity index (χ1n) is 9.29. The van der Waals surface area contributed by atoms with Gasteiger partial charge in [0.1, 0.15) is 0 Å². The molecular formula is C19H28N4O2. The molecule has 2 aliphatic rings. The van der Waals surface area contributed by atoms with E-state index in [0.717, 1.165) is 57.5 Å². The molecular weight excluding hydrogens is 316 g/mol. The highest BCUT2D eigenvalue weighted by atomic mass is 16.2. The highest BCUT2D eigenvalue weighted by molar-refractivity contribution is 5.92. The first kappa shape index (κ1) is 17.9. The Kier molecular flexibility index (Phi) is 6.42. The molecule has 0 aliphatic carbocycles. The van der Waals surface area contributed by atoms with E-state index >= 15 is 0 Å². The van der Waals surface area contributed by atoms with Gasteiger partial charge in [0, 0.05) is 30.7 Å². The van der Waals surface area contributed by atoms with E-state index in [0.29, 0.717) is 6.54 Å². The number of anilines is 1. The van der Waals surface area contributed by atoms with Crippen molar-refractivity contribution in [2.24, 2.45) is 5.92 Å². The van der Waals surface area contributed by atoms with E-state index in [4.69, 9.17) is 0 Å². The number of carbonyl (C=O) groups is 2. The Morgan fingerprint density at radius 1 is 1.04 bits per heavy atom. The highest BCUT2D eigenvalue weighted by Crippen LogP contribution is 2.15. The van der Waals surface area contributed by atoms with Crippen LogP contribution in [0.25, 0.3) is 0 Å². The van der Waals surface area contributed by atoms with E-state index in [1.807, 2.05) is 30.3 Å². The molecule has 0 radical (unpaired) electrons. The number of benzene rings is 1. The molecule has 1 aromatic carbocycles. The van der Waals surface area contributed by atoms with Crippen LogP contribution >= 0.6 is 0 Å². The van der Waals surface area contributed by atoms with E-state index in [-0.39, 0.29) is 23.8 Å². The average Bonchev–Trinajstić information content (AvgIpc) is 2.65. The van der Waals surface area contributed by atoms with Crippen LogP contribution in [0.3, 0.4) is 0 Å². The second kappa shape index (κ2) is 8.97. The summed E-state index contributed by atoms with van der Waals surface area (Å²) in [5, 5.41) is 9.42. The summed E-state index contributed by atoms with van der Waals surface area (Å²) in [6.45, 7) is 3.97. The number of rotatable bonds is 5. The molecule has 1 aromatic rings. The average molecular weight is 344 g/mol. The number of likely N-dealkylation sites (tertiary alicyclic amines) is 1. The maximum Gasteiger partial charge on any atom is 0.238 e. The number of nitrogens with zero attached hydrogens (tertiary/aromatic N) is 1. The van der Waals surface area contributed by atoms with Crippen LogP contribution in [0.15, 0.2) is 30.3 Å². The molecule has 6 nitrogen and oxygen atoms in total. The minimum absolute atomic E-state index is 0.0170. The van der Waals surface area contributed by atoms with E-state index in [1.165, 1.54) is 0 Å². The lowest BCUT2D eigenvalue weighted by atomic mass is 9.96. The minimum Gasteiger partial charge on any atom is -0.353 e. The standard InChI is InChI=1S/C19H28N4O2/c24-18(21-16-4-2-1-3-5-16)14-23-12-8-17(9-13-23)22-19(25)15-6-10-20-11-7-15/h1-5,15,17,20H,6-14H2,(H,21,24)(H,22,25). The Balaban J connectivity index is 1.36. The van der Waals surface area contributed by atoms with Crippen molar-refractivity contribution in [2.75, 3.05) is 38.0 Å². The summed E-state index contributed by atoms with van der Waals surface area (Å²) in [7, 11) is 0. The van der Waals surface area contributed by atoms with Crippen molar-refractivity contribution in [3.8, 4) is 0 Å². The van der Waals surface area contributed by atoms with Gasteiger partial charge in [-0.3, -0.25) is 14.5 Å². The Bertz CT molecular complexity index is 564. The molecule has 3 rings (SSSR count). The highest BCUT2D eigenvalue weighted by Gasteiger charge is 2.26. The lowest BCUT2D eigenvalue weighted by Gasteiger charge is -2.33. The zero-order valence-corrected chi connectivity index (χ0v) is 14.7. The number of carbonyl (C=O) groups excluding carboxylic acids is 2. The first-order chi connectivity index (χ1) is 12.2. The largest absolute Gasteiger partial charge is 0.353 e. The van der Waals surface area contributed by atoms with E-state index in [1.54, 1.807) is 0 Å². The summed E-state index contributed by atoms with van der Waals surface area (Å²) < 4.78 is 0. The van der Waals surface area contributed by atoms with Gasteiger partial charge in [-0.05, 0) is 50.9 Å². The van der Waals surface area contributed by atoms with Gasteiger partial charge in [-0.1, -0.05) is 18.2 Å². The molecule has 0 atom stereocenters. The van der Waals surface area contributed by atoms with Crippen molar-refractivity contribution in [3.05, 3.63) is 30.3 Å². The van der Waals surface area contributed by atoms with Gasteiger partial charge in [0.2, 0.25) is 11.8 Å². The van der Waals surface area contributed by atoms with Crippen LogP contribution in [0, 0.1) is 5.92 Å². The van der Waals surface area contributed by atoms with Crippen LogP contribution in [0.4, 0.5) is 5.69 Å². The van der Waals surface area contributed by atoms with Crippen molar-refractivity contribution in [3.63, 3.8) is 0 Å². The van der Waals surface area contributed by atoms with Crippen LogP contribution in [-0.2, 0) is 9.59 Å². The number of nitrogens with one attached hydrogen (secondary N) is 3. The molecule has 0 unspecified atom stereocenters. The molecule has 0 aromatic heterocycles. The van der Waals surface area contributed by atoms with E-state index in [2.05, 4.69) is 20.9 Å². The molecule has 2 saturated heterocycles. The fourth-order valence-corrected chi connectivity index (χ4v) is 3.56. The SMILES string of the molecule is O=C(CN1CCC(NC(=O)C2CCNCC2)CC1)Nc1ccccc1. The molecule has 2 aliphatic heterocycles. The molecule has 25 heavy (non-hydrogen) atoms. The zero-order valence-electron chi connectivity index (χ0n) is 14.7. The normalized spacial score (nSPS) is 20.2. The number of hydrogen-bond acceptors (Lipinski definition) is 4. The Hall–Kier alpha value is -1.92. The molecule has 6 heteroatoms. The van der Waals surface area contributed by atoms with Crippen LogP contribution in [-0.4, -0.2) is 55.5 Å². The van der Waals surface area contributed by atoms with Gasteiger partial charge in [-0.25, -0.2) is 0 Å². The van der Waals surface area contributed by atoms with Gasteiger partial charge in [-0.15, -0.1) is 0 Å². The molecule has 136 valence electrons. The van der Waals surface area contributed by atoms with Crippen molar-refractivity contribution in [2.45, 2.75) is 31.7 Å². The second-order valence-corrected chi connectivity index (χ2v) is 7.00. The number of para-hydroxylation sites is 1. The molecule has 2 amide bonds. The van der Waals surface area contributed by atoms with Crippen LogP contribution < -0.4 is 16.0 Å². The van der Waals surface area contributed by atoms with Crippen molar-refractivity contribution < 1.29 is 9.59 Å².